The maximum atomic E-state index is 12.4. The Labute approximate surface area is 126 Å². The topological polar surface area (TPSA) is 65.2 Å². The smallest absolute Gasteiger partial charge is 0.339 e. The molecule has 2 aromatic carbocycles. The van der Waals surface area contributed by atoms with E-state index in [1.54, 1.807) is 6.92 Å². The van der Waals surface area contributed by atoms with E-state index >= 15 is 0 Å². The molecule has 1 heterocycles. The zero-order valence-electron chi connectivity index (χ0n) is 12.1. The number of hydrogen-bond donors (Lipinski definition) is 0. The fourth-order valence-electron chi connectivity index (χ4n) is 3.03. The summed E-state index contributed by atoms with van der Waals surface area (Å²) in [6.07, 6.45) is 2.07. The van der Waals surface area contributed by atoms with Crippen LogP contribution < -0.4 is 0 Å². The lowest BCUT2D eigenvalue weighted by Crippen LogP contribution is -2.06. The standard InChI is InChI=1S/C17H14N2O3/c1-10-18-19-15(22-10)9-21-17(20)14-8-7-12-6-5-11-3-2-4-13(14)16(11)12/h2-4,7-8H,5-6,9H2,1H3. The molecule has 1 aromatic heterocycles. The summed E-state index contributed by atoms with van der Waals surface area (Å²) in [4.78, 5) is 12.4. The lowest BCUT2D eigenvalue weighted by molar-refractivity contribution is 0.0439. The van der Waals surface area contributed by atoms with Gasteiger partial charge in [0.1, 0.15) is 0 Å². The fourth-order valence-corrected chi connectivity index (χ4v) is 3.03. The van der Waals surface area contributed by atoms with Gasteiger partial charge in [-0.15, -0.1) is 10.2 Å². The number of ether oxygens (including phenoxy) is 1. The molecule has 0 atom stereocenters. The Balaban J connectivity index is 1.65. The molecule has 0 spiro atoms. The van der Waals surface area contributed by atoms with Crippen molar-refractivity contribution in [2.45, 2.75) is 26.4 Å². The second kappa shape index (κ2) is 4.94. The Bertz CT molecular complexity index is 872. The van der Waals surface area contributed by atoms with Gasteiger partial charge < -0.3 is 9.15 Å². The molecular formula is C17H14N2O3. The third kappa shape index (κ3) is 2.06. The Morgan fingerprint density at radius 1 is 1.18 bits per heavy atom. The maximum absolute atomic E-state index is 12.4. The van der Waals surface area contributed by atoms with Crippen molar-refractivity contribution in [1.29, 1.82) is 0 Å². The summed E-state index contributed by atoms with van der Waals surface area (Å²) in [5, 5.41) is 9.69. The largest absolute Gasteiger partial charge is 0.452 e. The van der Waals surface area contributed by atoms with Crippen molar-refractivity contribution >= 4 is 16.7 Å². The summed E-state index contributed by atoms with van der Waals surface area (Å²) in [6, 6.07) is 9.95. The number of rotatable bonds is 3. The van der Waals surface area contributed by atoms with E-state index in [1.165, 1.54) is 16.5 Å². The number of benzene rings is 2. The predicted molar refractivity (Wildman–Crippen MR) is 79.5 cm³/mol. The third-order valence-corrected chi connectivity index (χ3v) is 3.99. The van der Waals surface area contributed by atoms with Crippen LogP contribution in [0.4, 0.5) is 0 Å². The normalized spacial score (nSPS) is 12.8. The molecule has 3 aromatic rings. The molecule has 5 nitrogen and oxygen atoms in total. The first-order valence-electron chi connectivity index (χ1n) is 7.22. The fraction of sp³-hybridized carbons (Fsp3) is 0.235. The highest BCUT2D eigenvalue weighted by molar-refractivity contribution is 6.07. The molecule has 1 aliphatic rings. The molecular weight excluding hydrogens is 280 g/mol. The summed E-state index contributed by atoms with van der Waals surface area (Å²) < 4.78 is 10.5. The summed E-state index contributed by atoms with van der Waals surface area (Å²) in [5.74, 6) is 0.389. The first-order valence-corrected chi connectivity index (χ1v) is 7.22. The lowest BCUT2D eigenvalue weighted by atomic mass is 10.00. The van der Waals surface area contributed by atoms with E-state index < -0.39 is 0 Å². The van der Waals surface area contributed by atoms with Gasteiger partial charge in [0.05, 0.1) is 5.56 Å². The number of hydrogen-bond acceptors (Lipinski definition) is 5. The maximum Gasteiger partial charge on any atom is 0.339 e. The molecule has 1 aliphatic carbocycles. The average molecular weight is 294 g/mol. The Morgan fingerprint density at radius 2 is 2.00 bits per heavy atom. The van der Waals surface area contributed by atoms with Crippen LogP contribution in [-0.4, -0.2) is 16.2 Å². The number of carbonyl (C=O) groups excluding carboxylic acids is 1. The number of carbonyl (C=O) groups is 1. The molecule has 0 unspecified atom stereocenters. The van der Waals surface area contributed by atoms with Gasteiger partial charge in [0.25, 0.3) is 5.89 Å². The average Bonchev–Trinajstić information content (AvgIpc) is 3.13. The molecule has 0 saturated heterocycles. The number of aromatic nitrogens is 2. The van der Waals surface area contributed by atoms with Crippen LogP contribution in [-0.2, 0) is 24.2 Å². The van der Waals surface area contributed by atoms with E-state index in [-0.39, 0.29) is 12.6 Å². The molecule has 0 fully saturated rings. The SMILES string of the molecule is Cc1nnc(COC(=O)c2ccc3c4c(cccc24)CC3)o1. The lowest BCUT2D eigenvalue weighted by Gasteiger charge is -2.08. The van der Waals surface area contributed by atoms with Crippen molar-refractivity contribution < 1.29 is 13.9 Å². The van der Waals surface area contributed by atoms with Gasteiger partial charge in [0, 0.05) is 6.92 Å². The second-order valence-corrected chi connectivity index (χ2v) is 5.40. The molecule has 22 heavy (non-hydrogen) atoms. The summed E-state index contributed by atoms with van der Waals surface area (Å²) >= 11 is 0. The summed E-state index contributed by atoms with van der Waals surface area (Å²) in [6.45, 7) is 1.68. The highest BCUT2D eigenvalue weighted by Crippen LogP contribution is 2.33. The monoisotopic (exact) mass is 294 g/mol. The van der Waals surface area contributed by atoms with Gasteiger partial charge in [-0.25, -0.2) is 4.79 Å². The van der Waals surface area contributed by atoms with Gasteiger partial charge in [-0.1, -0.05) is 24.3 Å². The minimum absolute atomic E-state index is 0.0113. The molecule has 4 rings (SSSR count). The molecule has 0 N–H and O–H groups in total. The van der Waals surface area contributed by atoms with Crippen molar-refractivity contribution in [3.8, 4) is 0 Å². The van der Waals surface area contributed by atoms with E-state index in [9.17, 15) is 4.79 Å². The van der Waals surface area contributed by atoms with Crippen LogP contribution in [0.3, 0.4) is 0 Å². The highest BCUT2D eigenvalue weighted by Gasteiger charge is 2.19. The Hall–Kier alpha value is -2.69. The summed E-state index contributed by atoms with van der Waals surface area (Å²) in [7, 11) is 0. The van der Waals surface area contributed by atoms with Crippen molar-refractivity contribution in [3.63, 3.8) is 0 Å². The molecule has 0 amide bonds. The van der Waals surface area contributed by atoms with Crippen molar-refractivity contribution in [1.82, 2.24) is 10.2 Å². The van der Waals surface area contributed by atoms with Gasteiger partial charge in [0.2, 0.25) is 5.89 Å². The van der Waals surface area contributed by atoms with Gasteiger partial charge in [-0.3, -0.25) is 0 Å². The second-order valence-electron chi connectivity index (χ2n) is 5.40. The first kappa shape index (κ1) is 13.0. The third-order valence-electron chi connectivity index (χ3n) is 3.99. The van der Waals surface area contributed by atoms with Crippen LogP contribution in [0.1, 0.15) is 33.3 Å². The van der Waals surface area contributed by atoms with Crippen molar-refractivity contribution in [3.05, 3.63) is 58.8 Å². The van der Waals surface area contributed by atoms with E-state index in [0.717, 1.165) is 18.2 Å². The highest BCUT2D eigenvalue weighted by atomic mass is 16.5. The molecule has 0 radical (unpaired) electrons. The van der Waals surface area contributed by atoms with Gasteiger partial charge in [-0.2, -0.15) is 0 Å². The molecule has 5 heteroatoms. The van der Waals surface area contributed by atoms with Gasteiger partial charge in [-0.05, 0) is 40.8 Å². The van der Waals surface area contributed by atoms with E-state index in [0.29, 0.717) is 17.3 Å². The molecule has 110 valence electrons. The van der Waals surface area contributed by atoms with E-state index in [2.05, 4.69) is 16.3 Å². The Morgan fingerprint density at radius 3 is 2.77 bits per heavy atom. The first-order chi connectivity index (χ1) is 10.7. The number of esters is 1. The van der Waals surface area contributed by atoms with Crippen LogP contribution in [0.5, 0.6) is 0 Å². The molecule has 0 aliphatic heterocycles. The number of aryl methyl sites for hydroxylation is 3. The summed E-state index contributed by atoms with van der Waals surface area (Å²) in [5.41, 5.74) is 3.18. The molecule has 0 saturated carbocycles. The van der Waals surface area contributed by atoms with Crippen LogP contribution in [0.25, 0.3) is 10.8 Å². The number of nitrogens with zero attached hydrogens (tertiary/aromatic N) is 2. The van der Waals surface area contributed by atoms with Crippen LogP contribution in [0, 0.1) is 6.92 Å². The van der Waals surface area contributed by atoms with E-state index in [1.807, 2.05) is 24.3 Å². The van der Waals surface area contributed by atoms with Crippen molar-refractivity contribution in [2.24, 2.45) is 0 Å². The van der Waals surface area contributed by atoms with Gasteiger partial charge in [0.15, 0.2) is 6.61 Å². The van der Waals surface area contributed by atoms with Gasteiger partial charge >= 0.3 is 5.97 Å². The predicted octanol–water partition coefficient (Wildman–Crippen LogP) is 2.99. The van der Waals surface area contributed by atoms with Crippen LogP contribution >= 0.6 is 0 Å². The quantitative estimate of drug-likeness (QED) is 0.695. The molecule has 0 bridgehead atoms. The zero-order valence-corrected chi connectivity index (χ0v) is 12.1. The minimum Gasteiger partial charge on any atom is -0.452 e. The van der Waals surface area contributed by atoms with Crippen molar-refractivity contribution in [2.75, 3.05) is 0 Å². The zero-order chi connectivity index (χ0) is 15.1. The van der Waals surface area contributed by atoms with E-state index in [4.69, 9.17) is 9.15 Å². The van der Waals surface area contributed by atoms with Crippen LogP contribution in [0.2, 0.25) is 0 Å². The minimum atomic E-state index is -0.369. The Kier molecular flexibility index (Phi) is 2.92. The van der Waals surface area contributed by atoms with Crippen LogP contribution in [0.15, 0.2) is 34.7 Å².